The molecule has 1 N–H and O–H groups in total. The Morgan fingerprint density at radius 1 is 1.24 bits per heavy atom. The molecule has 0 aliphatic rings. The number of hydrogen-bond donors (Lipinski definition) is 1. The third-order valence-corrected chi connectivity index (χ3v) is 2.71. The Bertz CT molecular complexity index is 499. The van der Waals surface area contributed by atoms with Gasteiger partial charge in [-0.25, -0.2) is 4.39 Å². The number of aliphatic hydroxyl groups excluding tert-OH is 1. The Hall–Kier alpha value is -1.74. The fraction of sp³-hybridized carbons (Fsp3) is 0.214. The molecule has 0 bridgehead atoms. The Balaban J connectivity index is 2.20. The van der Waals surface area contributed by atoms with Crippen molar-refractivity contribution in [2.45, 2.75) is 19.4 Å². The summed E-state index contributed by atoms with van der Waals surface area (Å²) in [5.41, 5.74) is 1.62. The molecule has 0 aliphatic heterocycles. The van der Waals surface area contributed by atoms with Gasteiger partial charge in [-0.15, -0.1) is 0 Å². The number of aliphatic hydroxyl groups is 1. The van der Waals surface area contributed by atoms with E-state index in [1.807, 2.05) is 18.2 Å². The average molecular weight is 231 g/mol. The molecule has 2 aromatic rings. The first kappa shape index (κ1) is 11.7. The first-order chi connectivity index (χ1) is 8.18. The van der Waals surface area contributed by atoms with E-state index in [0.717, 1.165) is 5.69 Å². The molecule has 1 aromatic heterocycles. The van der Waals surface area contributed by atoms with Gasteiger partial charge in [0.05, 0.1) is 6.10 Å². The quantitative estimate of drug-likeness (QED) is 0.881. The summed E-state index contributed by atoms with van der Waals surface area (Å²) < 4.78 is 13.8. The first-order valence-corrected chi connectivity index (χ1v) is 5.51. The number of hydrogen-bond acceptors (Lipinski definition) is 2. The summed E-state index contributed by atoms with van der Waals surface area (Å²) in [6.45, 7) is 1.69. The molecular formula is C14H14FNO. The maximum Gasteiger partial charge on any atom is 0.131 e. The SMILES string of the molecule is Cc1cccc(C(O)Cc2ccccn2)c1F. The van der Waals surface area contributed by atoms with Crippen LogP contribution in [0.2, 0.25) is 0 Å². The van der Waals surface area contributed by atoms with E-state index in [-0.39, 0.29) is 5.82 Å². The summed E-state index contributed by atoms with van der Waals surface area (Å²) in [7, 11) is 0. The standard InChI is InChI=1S/C14H14FNO/c1-10-5-4-7-12(14(10)15)13(17)9-11-6-2-3-8-16-11/h2-8,13,17H,9H2,1H3. The van der Waals surface area contributed by atoms with E-state index >= 15 is 0 Å². The third-order valence-electron chi connectivity index (χ3n) is 2.71. The molecule has 1 unspecified atom stereocenters. The number of nitrogens with zero attached hydrogens (tertiary/aromatic N) is 1. The van der Waals surface area contributed by atoms with Crippen LogP contribution in [0.5, 0.6) is 0 Å². The average Bonchev–Trinajstić information content (AvgIpc) is 2.34. The molecule has 0 fully saturated rings. The van der Waals surface area contributed by atoms with Gasteiger partial charge >= 0.3 is 0 Å². The number of rotatable bonds is 3. The molecule has 0 saturated carbocycles. The van der Waals surface area contributed by atoms with E-state index in [2.05, 4.69) is 4.98 Å². The molecule has 0 spiro atoms. The summed E-state index contributed by atoms with van der Waals surface area (Å²) in [5.74, 6) is -0.337. The van der Waals surface area contributed by atoms with Crippen LogP contribution >= 0.6 is 0 Å². The van der Waals surface area contributed by atoms with Gasteiger partial charge in [0, 0.05) is 23.9 Å². The lowest BCUT2D eigenvalue weighted by Gasteiger charge is -2.12. The lowest BCUT2D eigenvalue weighted by Crippen LogP contribution is -2.06. The lowest BCUT2D eigenvalue weighted by molar-refractivity contribution is 0.172. The molecule has 0 amide bonds. The van der Waals surface area contributed by atoms with E-state index in [9.17, 15) is 9.50 Å². The van der Waals surface area contributed by atoms with Crippen LogP contribution in [0.3, 0.4) is 0 Å². The van der Waals surface area contributed by atoms with E-state index in [0.29, 0.717) is 17.5 Å². The molecule has 2 rings (SSSR count). The van der Waals surface area contributed by atoms with E-state index in [1.54, 1.807) is 31.3 Å². The highest BCUT2D eigenvalue weighted by molar-refractivity contribution is 5.27. The van der Waals surface area contributed by atoms with Crippen molar-refractivity contribution in [2.75, 3.05) is 0 Å². The van der Waals surface area contributed by atoms with Gasteiger partial charge in [-0.2, -0.15) is 0 Å². The summed E-state index contributed by atoms with van der Waals surface area (Å²) in [6.07, 6.45) is 1.13. The maximum atomic E-state index is 13.8. The summed E-state index contributed by atoms with van der Waals surface area (Å²) >= 11 is 0. The Morgan fingerprint density at radius 3 is 2.76 bits per heavy atom. The molecule has 88 valence electrons. The van der Waals surface area contributed by atoms with Crippen LogP contribution < -0.4 is 0 Å². The van der Waals surface area contributed by atoms with Gasteiger partial charge < -0.3 is 5.11 Å². The van der Waals surface area contributed by atoms with Crippen molar-refractivity contribution in [3.8, 4) is 0 Å². The molecule has 1 aromatic carbocycles. The highest BCUT2D eigenvalue weighted by Crippen LogP contribution is 2.22. The molecule has 0 aliphatic carbocycles. The van der Waals surface area contributed by atoms with Crippen molar-refractivity contribution >= 4 is 0 Å². The molecule has 1 heterocycles. The lowest BCUT2D eigenvalue weighted by atomic mass is 10.0. The van der Waals surface area contributed by atoms with E-state index in [4.69, 9.17) is 0 Å². The topological polar surface area (TPSA) is 33.1 Å². The van der Waals surface area contributed by atoms with Gasteiger partial charge in [-0.05, 0) is 24.6 Å². The van der Waals surface area contributed by atoms with Crippen LogP contribution in [0.15, 0.2) is 42.6 Å². The van der Waals surface area contributed by atoms with Gasteiger partial charge in [0.1, 0.15) is 5.82 Å². The number of halogens is 1. The second-order valence-electron chi connectivity index (χ2n) is 4.02. The third kappa shape index (κ3) is 2.68. The monoisotopic (exact) mass is 231 g/mol. The summed E-state index contributed by atoms with van der Waals surface area (Å²) in [6, 6.07) is 10.5. The molecular weight excluding hydrogens is 217 g/mol. The highest BCUT2D eigenvalue weighted by Gasteiger charge is 2.14. The van der Waals surface area contributed by atoms with Gasteiger partial charge in [-0.3, -0.25) is 4.98 Å². The van der Waals surface area contributed by atoms with Crippen LogP contribution in [0.4, 0.5) is 4.39 Å². The van der Waals surface area contributed by atoms with Gasteiger partial charge in [0.25, 0.3) is 0 Å². The zero-order valence-corrected chi connectivity index (χ0v) is 9.60. The van der Waals surface area contributed by atoms with Crippen LogP contribution in [-0.4, -0.2) is 10.1 Å². The highest BCUT2D eigenvalue weighted by atomic mass is 19.1. The molecule has 0 saturated heterocycles. The Morgan fingerprint density at radius 2 is 2.06 bits per heavy atom. The summed E-state index contributed by atoms with van der Waals surface area (Å²) in [4.78, 5) is 4.11. The normalized spacial score (nSPS) is 12.4. The zero-order valence-electron chi connectivity index (χ0n) is 9.60. The van der Waals surface area contributed by atoms with Crippen molar-refractivity contribution in [3.05, 3.63) is 65.2 Å². The molecule has 17 heavy (non-hydrogen) atoms. The molecule has 1 atom stereocenters. The molecule has 0 radical (unpaired) electrons. The van der Waals surface area contributed by atoms with Gasteiger partial charge in [-0.1, -0.05) is 24.3 Å². The van der Waals surface area contributed by atoms with Crippen molar-refractivity contribution in [1.82, 2.24) is 4.98 Å². The van der Waals surface area contributed by atoms with E-state index in [1.165, 1.54) is 0 Å². The fourth-order valence-electron chi connectivity index (χ4n) is 1.75. The largest absolute Gasteiger partial charge is 0.388 e. The van der Waals surface area contributed by atoms with Crippen molar-refractivity contribution in [3.63, 3.8) is 0 Å². The van der Waals surface area contributed by atoms with E-state index < -0.39 is 6.10 Å². The number of aryl methyl sites for hydroxylation is 1. The minimum atomic E-state index is -0.857. The van der Waals surface area contributed by atoms with Gasteiger partial charge in [0.15, 0.2) is 0 Å². The van der Waals surface area contributed by atoms with Crippen LogP contribution in [0, 0.1) is 12.7 Å². The molecule has 3 heteroatoms. The second-order valence-corrected chi connectivity index (χ2v) is 4.02. The van der Waals surface area contributed by atoms with Crippen LogP contribution in [-0.2, 0) is 6.42 Å². The van der Waals surface area contributed by atoms with Crippen LogP contribution in [0.1, 0.15) is 22.9 Å². The maximum absolute atomic E-state index is 13.8. The minimum absolute atomic E-state index is 0.321. The second kappa shape index (κ2) is 5.06. The Labute approximate surface area is 99.8 Å². The summed E-state index contributed by atoms with van der Waals surface area (Å²) in [5, 5.41) is 10.00. The molecule has 2 nitrogen and oxygen atoms in total. The smallest absolute Gasteiger partial charge is 0.131 e. The van der Waals surface area contributed by atoms with Crippen LogP contribution in [0.25, 0.3) is 0 Å². The van der Waals surface area contributed by atoms with Crippen molar-refractivity contribution in [2.24, 2.45) is 0 Å². The van der Waals surface area contributed by atoms with Crippen molar-refractivity contribution < 1.29 is 9.50 Å². The van der Waals surface area contributed by atoms with Gasteiger partial charge in [0.2, 0.25) is 0 Å². The predicted molar refractivity (Wildman–Crippen MR) is 64.0 cm³/mol. The predicted octanol–water partition coefficient (Wildman–Crippen LogP) is 2.81. The first-order valence-electron chi connectivity index (χ1n) is 5.51. The minimum Gasteiger partial charge on any atom is -0.388 e. The van der Waals surface area contributed by atoms with Crippen molar-refractivity contribution in [1.29, 1.82) is 0 Å². The number of benzene rings is 1. The number of aromatic nitrogens is 1. The zero-order chi connectivity index (χ0) is 12.3. The number of pyridine rings is 1. The Kier molecular flexibility index (Phi) is 3.49. The fourth-order valence-corrected chi connectivity index (χ4v) is 1.75.